The topological polar surface area (TPSA) is 126 Å². The molecule has 1 amide bonds. The third kappa shape index (κ3) is 4.83. The van der Waals surface area contributed by atoms with E-state index in [1.54, 1.807) is 19.1 Å². The van der Waals surface area contributed by atoms with Crippen molar-refractivity contribution in [2.24, 2.45) is 0 Å². The van der Waals surface area contributed by atoms with Gasteiger partial charge in [-0.15, -0.1) is 0 Å². The predicted octanol–water partition coefficient (Wildman–Crippen LogP) is 1.90. The number of carbonyl (C=O) groups is 2. The number of furan rings is 1. The van der Waals surface area contributed by atoms with Gasteiger partial charge in [-0.2, -0.15) is 0 Å². The molecule has 0 unspecified atom stereocenters. The lowest BCUT2D eigenvalue weighted by Gasteiger charge is -2.10. The van der Waals surface area contributed by atoms with E-state index >= 15 is 0 Å². The molecule has 0 radical (unpaired) electrons. The van der Waals surface area contributed by atoms with Gasteiger partial charge >= 0.3 is 5.97 Å². The summed E-state index contributed by atoms with van der Waals surface area (Å²) in [6.07, 6.45) is 1.03. The maximum absolute atomic E-state index is 12.2. The molecule has 3 N–H and O–H groups in total. The van der Waals surface area contributed by atoms with Gasteiger partial charge < -0.3 is 14.8 Å². The van der Waals surface area contributed by atoms with Crippen LogP contribution in [0.25, 0.3) is 0 Å². The van der Waals surface area contributed by atoms with Crippen molar-refractivity contribution in [2.75, 3.05) is 11.0 Å². The molecule has 0 saturated heterocycles. The smallest absolute Gasteiger partial charge is 0.339 e. The Hall–Kier alpha value is -2.81. The molecule has 0 bridgehead atoms. The molecule has 0 saturated carbocycles. The zero-order valence-corrected chi connectivity index (χ0v) is 14.7. The summed E-state index contributed by atoms with van der Waals surface area (Å²) < 4.78 is 30.4. The molecule has 25 heavy (non-hydrogen) atoms. The van der Waals surface area contributed by atoms with Gasteiger partial charge in [-0.3, -0.25) is 9.52 Å². The van der Waals surface area contributed by atoms with Crippen LogP contribution in [0.15, 0.2) is 28.7 Å². The van der Waals surface area contributed by atoms with Crippen LogP contribution in [0.2, 0.25) is 0 Å². The molecule has 1 aromatic heterocycles. The van der Waals surface area contributed by atoms with Gasteiger partial charge in [0, 0.05) is 5.56 Å². The highest BCUT2D eigenvalue weighted by Crippen LogP contribution is 2.19. The quantitative estimate of drug-likeness (QED) is 0.717. The Balaban J connectivity index is 2.12. The monoisotopic (exact) mass is 366 g/mol. The molecule has 0 aliphatic heterocycles. The number of nitrogens with one attached hydrogen (secondary N) is 2. The zero-order chi connectivity index (χ0) is 18.8. The number of aromatic carboxylic acids is 1. The van der Waals surface area contributed by atoms with E-state index in [2.05, 4.69) is 10.0 Å². The lowest BCUT2D eigenvalue weighted by atomic mass is 10.1. The Bertz CT molecular complexity index is 930. The molecule has 0 atom stereocenters. The molecule has 1 aromatic carbocycles. The lowest BCUT2D eigenvalue weighted by molar-refractivity contribution is 0.0694. The van der Waals surface area contributed by atoms with Gasteiger partial charge in [0.25, 0.3) is 5.91 Å². The fraction of sp³-hybridized carbons (Fsp3) is 0.250. The van der Waals surface area contributed by atoms with Gasteiger partial charge in [0.1, 0.15) is 17.1 Å². The van der Waals surface area contributed by atoms with Crippen LogP contribution in [0, 0.1) is 13.8 Å². The van der Waals surface area contributed by atoms with E-state index in [4.69, 9.17) is 9.52 Å². The number of amides is 1. The van der Waals surface area contributed by atoms with Crippen LogP contribution in [-0.2, 0) is 16.6 Å². The fourth-order valence-electron chi connectivity index (χ4n) is 2.19. The van der Waals surface area contributed by atoms with E-state index in [0.29, 0.717) is 17.0 Å². The van der Waals surface area contributed by atoms with Crippen molar-refractivity contribution in [1.29, 1.82) is 0 Å². The molecule has 0 fully saturated rings. The van der Waals surface area contributed by atoms with E-state index in [0.717, 1.165) is 6.26 Å². The van der Waals surface area contributed by atoms with Crippen LogP contribution in [0.4, 0.5) is 5.69 Å². The first-order valence-corrected chi connectivity index (χ1v) is 9.15. The third-order valence-electron chi connectivity index (χ3n) is 3.42. The summed E-state index contributed by atoms with van der Waals surface area (Å²) >= 11 is 0. The van der Waals surface area contributed by atoms with E-state index < -0.39 is 21.9 Å². The fourth-order valence-corrected chi connectivity index (χ4v) is 2.80. The van der Waals surface area contributed by atoms with Crippen LogP contribution < -0.4 is 10.0 Å². The maximum Gasteiger partial charge on any atom is 0.339 e. The standard InChI is InChI=1S/C16H18N2O6S/c1-9-4-5-11(6-14(9)18-25(3,22)23)15(19)17-8-12-7-13(16(20)21)10(2)24-12/h4-7,18H,8H2,1-3H3,(H,17,19)(H,20,21). The summed E-state index contributed by atoms with van der Waals surface area (Å²) in [4.78, 5) is 23.2. The van der Waals surface area contributed by atoms with Gasteiger partial charge in [0.2, 0.25) is 10.0 Å². The van der Waals surface area contributed by atoms with Crippen LogP contribution in [-0.4, -0.2) is 31.7 Å². The number of anilines is 1. The minimum atomic E-state index is -3.46. The Morgan fingerprint density at radius 1 is 1.20 bits per heavy atom. The second-order valence-electron chi connectivity index (χ2n) is 5.57. The number of benzene rings is 1. The van der Waals surface area contributed by atoms with Crippen molar-refractivity contribution >= 4 is 27.6 Å². The molecule has 2 rings (SSSR count). The number of carbonyl (C=O) groups excluding carboxylic acids is 1. The van der Waals surface area contributed by atoms with E-state index in [9.17, 15) is 18.0 Å². The average Bonchev–Trinajstić information content (AvgIpc) is 2.87. The number of hydrogen-bond donors (Lipinski definition) is 3. The van der Waals surface area contributed by atoms with Crippen molar-refractivity contribution in [3.8, 4) is 0 Å². The number of rotatable bonds is 6. The summed E-state index contributed by atoms with van der Waals surface area (Å²) in [6, 6.07) is 5.97. The van der Waals surface area contributed by atoms with Crippen LogP contribution in [0.5, 0.6) is 0 Å². The molecular weight excluding hydrogens is 348 g/mol. The van der Waals surface area contributed by atoms with Crippen molar-refractivity contribution in [1.82, 2.24) is 5.32 Å². The Kier molecular flexibility index (Phi) is 5.17. The predicted molar refractivity (Wildman–Crippen MR) is 91.2 cm³/mol. The van der Waals surface area contributed by atoms with Crippen LogP contribution >= 0.6 is 0 Å². The molecule has 0 spiro atoms. The van der Waals surface area contributed by atoms with Crippen LogP contribution in [0.1, 0.15) is 37.8 Å². The second-order valence-corrected chi connectivity index (χ2v) is 7.32. The average molecular weight is 366 g/mol. The van der Waals surface area contributed by atoms with Gasteiger partial charge in [-0.1, -0.05) is 6.07 Å². The first kappa shape index (κ1) is 18.5. The molecule has 0 aliphatic carbocycles. The van der Waals surface area contributed by atoms with Gasteiger partial charge in [0.05, 0.1) is 18.5 Å². The minimum Gasteiger partial charge on any atom is -0.478 e. The molecule has 1 heterocycles. The largest absolute Gasteiger partial charge is 0.478 e. The summed E-state index contributed by atoms with van der Waals surface area (Å²) in [5, 5.41) is 11.6. The minimum absolute atomic E-state index is 0.00959. The number of carboxylic acid groups (broad SMARTS) is 1. The highest BCUT2D eigenvalue weighted by molar-refractivity contribution is 7.92. The molecule has 134 valence electrons. The first-order valence-electron chi connectivity index (χ1n) is 7.26. The Morgan fingerprint density at radius 2 is 1.88 bits per heavy atom. The highest BCUT2D eigenvalue weighted by Gasteiger charge is 2.15. The molecule has 0 aliphatic rings. The number of sulfonamides is 1. The summed E-state index contributed by atoms with van der Waals surface area (Å²) in [5.41, 5.74) is 1.30. The molecule has 8 nitrogen and oxygen atoms in total. The lowest BCUT2D eigenvalue weighted by Crippen LogP contribution is -2.23. The van der Waals surface area contributed by atoms with Crippen molar-refractivity contribution < 1.29 is 27.5 Å². The van der Waals surface area contributed by atoms with E-state index in [-0.39, 0.29) is 23.4 Å². The summed E-state index contributed by atoms with van der Waals surface area (Å²) in [6.45, 7) is 3.25. The molecule has 2 aromatic rings. The summed E-state index contributed by atoms with van der Waals surface area (Å²) in [5.74, 6) is -0.979. The van der Waals surface area contributed by atoms with Crippen molar-refractivity contribution in [3.05, 3.63) is 52.5 Å². The summed E-state index contributed by atoms with van der Waals surface area (Å²) in [7, 11) is -3.46. The Labute approximate surface area is 144 Å². The van der Waals surface area contributed by atoms with Crippen LogP contribution in [0.3, 0.4) is 0 Å². The SMILES string of the molecule is Cc1ccc(C(=O)NCc2cc(C(=O)O)c(C)o2)cc1NS(C)(=O)=O. The van der Waals surface area contributed by atoms with E-state index in [1.807, 2.05) is 0 Å². The maximum atomic E-state index is 12.2. The molecular formula is C16H18N2O6S. The van der Waals surface area contributed by atoms with Crippen molar-refractivity contribution in [2.45, 2.75) is 20.4 Å². The second kappa shape index (κ2) is 6.98. The number of carboxylic acids is 1. The molecule has 9 heteroatoms. The van der Waals surface area contributed by atoms with Gasteiger partial charge in [-0.25, -0.2) is 13.2 Å². The Morgan fingerprint density at radius 3 is 2.44 bits per heavy atom. The number of aryl methyl sites for hydroxylation is 2. The highest BCUT2D eigenvalue weighted by atomic mass is 32.2. The first-order chi connectivity index (χ1) is 11.6. The van der Waals surface area contributed by atoms with Crippen molar-refractivity contribution in [3.63, 3.8) is 0 Å². The normalized spacial score (nSPS) is 11.2. The zero-order valence-electron chi connectivity index (χ0n) is 13.9. The van der Waals surface area contributed by atoms with E-state index in [1.165, 1.54) is 19.1 Å². The van der Waals surface area contributed by atoms with Gasteiger partial charge in [0.15, 0.2) is 0 Å². The number of hydrogen-bond acceptors (Lipinski definition) is 5. The third-order valence-corrected chi connectivity index (χ3v) is 4.01. The van der Waals surface area contributed by atoms with Gasteiger partial charge in [-0.05, 0) is 37.6 Å².